The van der Waals surface area contributed by atoms with Crippen molar-refractivity contribution in [2.45, 2.75) is 107 Å². The molecule has 1 saturated carbocycles. The highest BCUT2D eigenvalue weighted by molar-refractivity contribution is 4.72. The molecule has 0 amide bonds. The number of hydrogen-bond donors (Lipinski definition) is 0. The molecule has 0 heterocycles. The van der Waals surface area contributed by atoms with Gasteiger partial charge in [-0.15, -0.1) is 0 Å². The predicted molar refractivity (Wildman–Crippen MR) is 91.7 cm³/mol. The standard InChI is InChI=1S/C11H22.C6H14.C2H6/c1-11(2,3)9-10-7-5-4-6-8-10;1-5-6(2,3)4;1-2/h10H,4-9H2,1-3H3;5H2,1-4H3;1-2H3. The van der Waals surface area contributed by atoms with Crippen molar-refractivity contribution in [2.24, 2.45) is 16.7 Å². The average molecular weight is 271 g/mol. The molecule has 0 aromatic carbocycles. The molecule has 19 heavy (non-hydrogen) atoms. The van der Waals surface area contributed by atoms with E-state index in [-0.39, 0.29) is 0 Å². The zero-order valence-electron chi connectivity index (χ0n) is 15.5. The molecule has 118 valence electrons. The van der Waals surface area contributed by atoms with E-state index in [9.17, 15) is 0 Å². The van der Waals surface area contributed by atoms with E-state index >= 15 is 0 Å². The lowest BCUT2D eigenvalue weighted by Gasteiger charge is -2.28. The van der Waals surface area contributed by atoms with Gasteiger partial charge in [-0.25, -0.2) is 0 Å². The molecule has 0 heteroatoms. The highest BCUT2D eigenvalue weighted by Gasteiger charge is 2.20. The van der Waals surface area contributed by atoms with Crippen LogP contribution in [0.15, 0.2) is 0 Å². The first-order valence-corrected chi connectivity index (χ1v) is 8.64. The fourth-order valence-corrected chi connectivity index (χ4v) is 2.26. The van der Waals surface area contributed by atoms with Gasteiger partial charge in [0.05, 0.1) is 0 Å². The third kappa shape index (κ3) is 18.0. The van der Waals surface area contributed by atoms with Crippen molar-refractivity contribution in [3.8, 4) is 0 Å². The van der Waals surface area contributed by atoms with Gasteiger partial charge >= 0.3 is 0 Å². The van der Waals surface area contributed by atoms with Crippen LogP contribution in [0.2, 0.25) is 0 Å². The predicted octanol–water partition coefficient (Wildman–Crippen LogP) is 7.47. The molecule has 1 rings (SSSR count). The van der Waals surface area contributed by atoms with E-state index in [0.29, 0.717) is 10.8 Å². The Bertz CT molecular complexity index is 171. The first-order chi connectivity index (χ1) is 8.64. The summed E-state index contributed by atoms with van der Waals surface area (Å²) in [5.74, 6) is 1.05. The van der Waals surface area contributed by atoms with Gasteiger partial charge in [-0.3, -0.25) is 0 Å². The maximum Gasteiger partial charge on any atom is -0.0380 e. The first kappa shape index (κ1) is 21.3. The van der Waals surface area contributed by atoms with Gasteiger partial charge in [0.25, 0.3) is 0 Å². The monoisotopic (exact) mass is 270 g/mol. The van der Waals surface area contributed by atoms with Crippen LogP contribution in [0, 0.1) is 16.7 Å². The van der Waals surface area contributed by atoms with Crippen LogP contribution in [0.5, 0.6) is 0 Å². The molecule has 0 N–H and O–H groups in total. The minimum atomic E-state index is 0.542. The Balaban J connectivity index is 0. The van der Waals surface area contributed by atoms with Gasteiger partial charge < -0.3 is 0 Å². The van der Waals surface area contributed by atoms with Gasteiger partial charge in [0.15, 0.2) is 0 Å². The lowest BCUT2D eigenvalue weighted by molar-refractivity contribution is 0.240. The maximum absolute atomic E-state index is 2.36. The highest BCUT2D eigenvalue weighted by atomic mass is 14.3. The van der Waals surface area contributed by atoms with E-state index in [4.69, 9.17) is 0 Å². The topological polar surface area (TPSA) is 0 Å². The van der Waals surface area contributed by atoms with Crippen molar-refractivity contribution in [2.75, 3.05) is 0 Å². The molecule has 0 spiro atoms. The third-order valence-electron chi connectivity index (χ3n) is 3.69. The summed E-state index contributed by atoms with van der Waals surface area (Å²) in [6.45, 7) is 20.0. The summed E-state index contributed by atoms with van der Waals surface area (Å²) in [5, 5.41) is 0. The van der Waals surface area contributed by atoms with Crippen LogP contribution in [-0.2, 0) is 0 Å². The van der Waals surface area contributed by atoms with Crippen LogP contribution in [0.3, 0.4) is 0 Å². The van der Waals surface area contributed by atoms with Crippen LogP contribution in [0.4, 0.5) is 0 Å². The van der Waals surface area contributed by atoms with Crippen LogP contribution in [0.25, 0.3) is 0 Å². The fourth-order valence-electron chi connectivity index (χ4n) is 2.26. The summed E-state index contributed by atoms with van der Waals surface area (Å²) in [6, 6.07) is 0. The number of hydrogen-bond acceptors (Lipinski definition) is 0. The van der Waals surface area contributed by atoms with Crippen LogP contribution in [-0.4, -0.2) is 0 Å². The SMILES string of the molecule is CC.CC(C)(C)CC1CCCCC1.CCC(C)(C)C. The van der Waals surface area contributed by atoms with E-state index in [1.807, 2.05) is 13.8 Å². The highest BCUT2D eigenvalue weighted by Crippen LogP contribution is 2.33. The summed E-state index contributed by atoms with van der Waals surface area (Å²) in [7, 11) is 0. The summed E-state index contributed by atoms with van der Waals surface area (Å²) >= 11 is 0. The second-order valence-corrected chi connectivity index (χ2v) is 8.18. The van der Waals surface area contributed by atoms with E-state index in [1.165, 1.54) is 44.9 Å². The molecule has 0 aliphatic heterocycles. The molecule has 1 aliphatic carbocycles. The van der Waals surface area contributed by atoms with E-state index in [2.05, 4.69) is 48.5 Å². The Hall–Kier alpha value is 0. The zero-order valence-corrected chi connectivity index (χ0v) is 15.5. The van der Waals surface area contributed by atoms with Gasteiger partial charge in [-0.05, 0) is 23.2 Å². The molecule has 0 bridgehead atoms. The van der Waals surface area contributed by atoms with E-state index in [1.54, 1.807) is 0 Å². The quantitative estimate of drug-likeness (QED) is 0.463. The molecule has 0 nitrogen and oxygen atoms in total. The van der Waals surface area contributed by atoms with Crippen molar-refractivity contribution < 1.29 is 0 Å². The number of rotatable bonds is 1. The zero-order chi connectivity index (χ0) is 15.5. The normalized spacial score (nSPS) is 16.9. The largest absolute Gasteiger partial charge is 0.0683 e. The molecular weight excluding hydrogens is 228 g/mol. The molecule has 1 fully saturated rings. The van der Waals surface area contributed by atoms with E-state index in [0.717, 1.165) is 5.92 Å². The molecule has 0 radical (unpaired) electrons. The van der Waals surface area contributed by atoms with Gasteiger partial charge in [-0.2, -0.15) is 0 Å². The van der Waals surface area contributed by atoms with Gasteiger partial charge in [-0.1, -0.05) is 101 Å². The summed E-state index contributed by atoms with van der Waals surface area (Å²) in [5.41, 5.74) is 1.10. The molecule has 1 aliphatic rings. The lowest BCUT2D eigenvalue weighted by atomic mass is 9.78. The second-order valence-electron chi connectivity index (χ2n) is 8.18. The smallest absolute Gasteiger partial charge is 0.0380 e. The molecule has 0 atom stereocenters. The maximum atomic E-state index is 2.36. The molecular formula is C19H42. The molecule has 0 aromatic rings. The minimum Gasteiger partial charge on any atom is -0.0683 e. The third-order valence-corrected chi connectivity index (χ3v) is 3.69. The second kappa shape index (κ2) is 10.7. The van der Waals surface area contributed by atoms with Crippen LogP contribution in [0.1, 0.15) is 107 Å². The van der Waals surface area contributed by atoms with Crippen molar-refractivity contribution in [3.63, 3.8) is 0 Å². The van der Waals surface area contributed by atoms with Crippen molar-refractivity contribution in [1.82, 2.24) is 0 Å². The van der Waals surface area contributed by atoms with Crippen LogP contribution >= 0.6 is 0 Å². The lowest BCUT2D eigenvalue weighted by Crippen LogP contribution is -2.15. The Morgan fingerprint density at radius 1 is 0.737 bits per heavy atom. The summed E-state index contributed by atoms with van der Waals surface area (Å²) in [6.07, 6.45) is 10.2. The Kier molecular flexibility index (Phi) is 12.0. The van der Waals surface area contributed by atoms with Crippen molar-refractivity contribution in [3.05, 3.63) is 0 Å². The Morgan fingerprint density at radius 3 is 1.37 bits per heavy atom. The van der Waals surface area contributed by atoms with Crippen molar-refractivity contribution in [1.29, 1.82) is 0 Å². The van der Waals surface area contributed by atoms with Crippen molar-refractivity contribution >= 4 is 0 Å². The van der Waals surface area contributed by atoms with Crippen LogP contribution < -0.4 is 0 Å². The van der Waals surface area contributed by atoms with Gasteiger partial charge in [0, 0.05) is 0 Å². The van der Waals surface area contributed by atoms with Gasteiger partial charge in [0.2, 0.25) is 0 Å². The Morgan fingerprint density at radius 2 is 1.11 bits per heavy atom. The minimum absolute atomic E-state index is 0.542. The fraction of sp³-hybridized carbons (Fsp3) is 1.00. The van der Waals surface area contributed by atoms with Gasteiger partial charge in [0.1, 0.15) is 0 Å². The summed E-state index contributed by atoms with van der Waals surface area (Å²) in [4.78, 5) is 0. The Labute approximate surface area is 124 Å². The van der Waals surface area contributed by atoms with E-state index < -0.39 is 0 Å². The first-order valence-electron chi connectivity index (χ1n) is 8.64. The molecule has 0 unspecified atom stereocenters. The molecule has 0 saturated heterocycles. The summed E-state index contributed by atoms with van der Waals surface area (Å²) < 4.78 is 0. The average Bonchev–Trinajstić information content (AvgIpc) is 2.31. The molecule has 0 aromatic heterocycles.